The fourth-order valence-corrected chi connectivity index (χ4v) is 3.01. The molecule has 0 amide bonds. The molecule has 0 bridgehead atoms. The predicted octanol–water partition coefficient (Wildman–Crippen LogP) is 1.56. The lowest BCUT2D eigenvalue weighted by atomic mass is 9.84. The second-order valence-corrected chi connectivity index (χ2v) is 5.82. The molecule has 1 fully saturated rings. The van der Waals surface area contributed by atoms with E-state index >= 15 is 0 Å². The zero-order chi connectivity index (χ0) is 16.3. The molecule has 0 aromatic heterocycles. The van der Waals surface area contributed by atoms with Gasteiger partial charge in [-0.2, -0.15) is 5.26 Å². The summed E-state index contributed by atoms with van der Waals surface area (Å²) in [5.41, 5.74) is 0.797. The van der Waals surface area contributed by atoms with Crippen molar-refractivity contribution < 1.29 is 19.1 Å². The number of hydrogen-bond acceptors (Lipinski definition) is 6. The van der Waals surface area contributed by atoms with E-state index < -0.39 is 35.9 Å². The number of nitrogens with one attached hydrogen (secondary N) is 1. The summed E-state index contributed by atoms with van der Waals surface area (Å²) in [6, 6.07) is 8.03. The maximum absolute atomic E-state index is 12.2. The summed E-state index contributed by atoms with van der Waals surface area (Å²) in [5, 5.41) is 12.3. The van der Waals surface area contributed by atoms with Crippen molar-refractivity contribution in [3.8, 4) is 6.07 Å². The second kappa shape index (κ2) is 6.90. The average Bonchev–Trinajstić information content (AvgIpc) is 2.93. The van der Waals surface area contributed by atoms with Crippen LogP contribution in [0.3, 0.4) is 0 Å². The standard InChI is InChI=1S/C15H15BrN2O4/c1-21-14(19)11-10(7-17)18-13(12(11)15(20)22-2)8-3-5-9(16)6-4-8/h3-6,10-13,18H,1-2H3/t10-,11-,12+,13+/m1/s1. The first-order valence-electron chi connectivity index (χ1n) is 6.60. The van der Waals surface area contributed by atoms with E-state index in [9.17, 15) is 14.9 Å². The highest BCUT2D eigenvalue weighted by atomic mass is 79.9. The molecule has 6 nitrogen and oxygen atoms in total. The third-order valence-electron chi connectivity index (χ3n) is 3.78. The molecule has 0 unspecified atom stereocenters. The number of nitrogens with zero attached hydrogens (tertiary/aromatic N) is 1. The Morgan fingerprint density at radius 1 is 1.14 bits per heavy atom. The molecule has 1 aromatic carbocycles. The van der Waals surface area contributed by atoms with Crippen LogP contribution in [-0.2, 0) is 19.1 Å². The minimum absolute atomic E-state index is 0.491. The van der Waals surface area contributed by atoms with E-state index in [1.807, 2.05) is 30.3 Å². The molecule has 0 spiro atoms. The topological polar surface area (TPSA) is 88.4 Å². The largest absolute Gasteiger partial charge is 0.469 e. The van der Waals surface area contributed by atoms with Crippen molar-refractivity contribution in [3.63, 3.8) is 0 Å². The molecule has 1 aliphatic rings. The van der Waals surface area contributed by atoms with Gasteiger partial charge in [0.25, 0.3) is 0 Å². The van der Waals surface area contributed by atoms with E-state index in [2.05, 4.69) is 21.2 Å². The van der Waals surface area contributed by atoms with E-state index in [4.69, 9.17) is 9.47 Å². The van der Waals surface area contributed by atoms with Gasteiger partial charge in [0.2, 0.25) is 0 Å². The van der Waals surface area contributed by atoms with Gasteiger partial charge in [-0.1, -0.05) is 28.1 Å². The highest BCUT2D eigenvalue weighted by molar-refractivity contribution is 9.10. The fourth-order valence-electron chi connectivity index (χ4n) is 2.74. The van der Waals surface area contributed by atoms with Crippen molar-refractivity contribution in [3.05, 3.63) is 34.3 Å². The minimum Gasteiger partial charge on any atom is -0.469 e. The Morgan fingerprint density at radius 3 is 2.18 bits per heavy atom. The van der Waals surface area contributed by atoms with E-state index in [-0.39, 0.29) is 0 Å². The van der Waals surface area contributed by atoms with E-state index in [1.54, 1.807) is 0 Å². The summed E-state index contributed by atoms with van der Waals surface area (Å²) >= 11 is 3.35. The summed E-state index contributed by atoms with van der Waals surface area (Å²) < 4.78 is 10.5. The van der Waals surface area contributed by atoms with Crippen LogP contribution in [0.2, 0.25) is 0 Å². The summed E-state index contributed by atoms with van der Waals surface area (Å²) in [6.45, 7) is 0. The predicted molar refractivity (Wildman–Crippen MR) is 80.4 cm³/mol. The summed E-state index contributed by atoms with van der Waals surface area (Å²) in [6.07, 6.45) is 0. The van der Waals surface area contributed by atoms with Gasteiger partial charge in [0.1, 0.15) is 12.0 Å². The van der Waals surface area contributed by atoms with Gasteiger partial charge in [-0.15, -0.1) is 0 Å². The van der Waals surface area contributed by atoms with Gasteiger partial charge >= 0.3 is 11.9 Å². The molecular weight excluding hydrogens is 352 g/mol. The Labute approximate surface area is 136 Å². The van der Waals surface area contributed by atoms with E-state index in [0.717, 1.165) is 10.0 Å². The van der Waals surface area contributed by atoms with Gasteiger partial charge in [-0.3, -0.25) is 14.9 Å². The second-order valence-electron chi connectivity index (χ2n) is 4.90. The number of ether oxygens (including phenoxy) is 2. The summed E-state index contributed by atoms with van der Waals surface area (Å²) in [4.78, 5) is 24.2. The van der Waals surface area contributed by atoms with Crippen molar-refractivity contribution in [2.24, 2.45) is 11.8 Å². The Morgan fingerprint density at radius 2 is 1.68 bits per heavy atom. The number of carbonyl (C=O) groups is 2. The van der Waals surface area contributed by atoms with Crippen LogP contribution >= 0.6 is 15.9 Å². The van der Waals surface area contributed by atoms with Gasteiger partial charge in [-0.05, 0) is 17.7 Å². The Bertz CT molecular complexity index is 611. The maximum atomic E-state index is 12.2. The van der Waals surface area contributed by atoms with Gasteiger partial charge in [-0.25, -0.2) is 0 Å². The number of methoxy groups -OCH3 is 2. The third kappa shape index (κ3) is 2.98. The fraction of sp³-hybridized carbons (Fsp3) is 0.400. The molecule has 1 N–H and O–H groups in total. The van der Waals surface area contributed by atoms with Crippen molar-refractivity contribution in [2.75, 3.05) is 14.2 Å². The molecule has 7 heteroatoms. The lowest BCUT2D eigenvalue weighted by Crippen LogP contribution is -2.35. The molecule has 0 saturated carbocycles. The quantitative estimate of drug-likeness (QED) is 0.816. The van der Waals surface area contributed by atoms with Gasteiger partial charge in [0, 0.05) is 10.5 Å². The molecule has 0 radical (unpaired) electrons. The molecule has 4 atom stereocenters. The van der Waals surface area contributed by atoms with Crippen molar-refractivity contribution in [1.29, 1.82) is 5.26 Å². The first-order chi connectivity index (χ1) is 10.5. The number of nitriles is 1. The molecule has 1 aliphatic heterocycles. The third-order valence-corrected chi connectivity index (χ3v) is 4.31. The van der Waals surface area contributed by atoms with Crippen LogP contribution in [-0.4, -0.2) is 32.2 Å². The van der Waals surface area contributed by atoms with Gasteiger partial charge in [0.05, 0.1) is 26.2 Å². The Hall–Kier alpha value is -1.91. The van der Waals surface area contributed by atoms with Crippen LogP contribution in [0.25, 0.3) is 0 Å². The van der Waals surface area contributed by atoms with Gasteiger partial charge < -0.3 is 9.47 Å². The van der Waals surface area contributed by atoms with Crippen LogP contribution < -0.4 is 5.32 Å². The molecule has 2 rings (SSSR count). The molecule has 1 heterocycles. The van der Waals surface area contributed by atoms with Crippen LogP contribution in [0, 0.1) is 23.2 Å². The lowest BCUT2D eigenvalue weighted by molar-refractivity contribution is -0.156. The van der Waals surface area contributed by atoms with E-state index in [0.29, 0.717) is 0 Å². The van der Waals surface area contributed by atoms with Crippen LogP contribution in [0.5, 0.6) is 0 Å². The van der Waals surface area contributed by atoms with Crippen LogP contribution in [0.15, 0.2) is 28.7 Å². The van der Waals surface area contributed by atoms with Crippen molar-refractivity contribution in [1.82, 2.24) is 5.32 Å². The number of esters is 2. The molecule has 1 saturated heterocycles. The zero-order valence-electron chi connectivity index (χ0n) is 12.1. The van der Waals surface area contributed by atoms with Crippen molar-refractivity contribution in [2.45, 2.75) is 12.1 Å². The first-order valence-corrected chi connectivity index (χ1v) is 7.39. The maximum Gasteiger partial charge on any atom is 0.312 e. The SMILES string of the molecule is COC(=O)[C@H]1[C@H](C(=O)OC)[C@H](c2ccc(Br)cc2)N[C@@H]1C#N. The minimum atomic E-state index is -0.906. The van der Waals surface area contributed by atoms with Crippen LogP contribution in [0.1, 0.15) is 11.6 Å². The van der Waals surface area contributed by atoms with E-state index in [1.165, 1.54) is 14.2 Å². The summed E-state index contributed by atoms with van der Waals surface area (Å²) in [5.74, 6) is -2.87. The smallest absolute Gasteiger partial charge is 0.312 e. The number of carbonyl (C=O) groups excluding carboxylic acids is 2. The van der Waals surface area contributed by atoms with Crippen molar-refractivity contribution >= 4 is 27.9 Å². The Balaban J connectivity index is 2.44. The van der Waals surface area contributed by atoms with Crippen LogP contribution in [0.4, 0.5) is 0 Å². The Kier molecular flexibility index (Phi) is 5.16. The summed E-state index contributed by atoms with van der Waals surface area (Å²) in [7, 11) is 2.49. The number of benzene rings is 1. The monoisotopic (exact) mass is 366 g/mol. The highest BCUT2D eigenvalue weighted by Gasteiger charge is 2.52. The number of rotatable bonds is 3. The molecular formula is C15H15BrN2O4. The molecule has 0 aliphatic carbocycles. The molecule has 116 valence electrons. The lowest BCUT2D eigenvalue weighted by Gasteiger charge is -2.20. The average molecular weight is 367 g/mol. The molecule has 1 aromatic rings. The first kappa shape index (κ1) is 16.5. The number of halogens is 1. The normalized spacial score (nSPS) is 27.0. The van der Waals surface area contributed by atoms with Gasteiger partial charge in [0.15, 0.2) is 0 Å². The molecule has 22 heavy (non-hydrogen) atoms. The highest BCUT2D eigenvalue weighted by Crippen LogP contribution is 2.39. The zero-order valence-corrected chi connectivity index (χ0v) is 13.7. The number of hydrogen-bond donors (Lipinski definition) is 1.